The number of halogens is 1. The Morgan fingerprint density at radius 3 is 2.68 bits per heavy atom. The number of nitrogens with zero attached hydrogens (tertiary/aromatic N) is 6. The number of sulfone groups is 1. The molecule has 3 aromatic rings. The molecule has 9 nitrogen and oxygen atoms in total. The second kappa shape index (κ2) is 9.79. The number of likely N-dealkylation sites (tertiary alicyclic amines) is 1. The molecule has 0 amide bonds. The van der Waals surface area contributed by atoms with Gasteiger partial charge in [0.05, 0.1) is 16.8 Å². The van der Waals surface area contributed by atoms with E-state index in [1.165, 1.54) is 23.5 Å². The lowest BCUT2D eigenvalue weighted by Gasteiger charge is -2.34. The molecule has 4 rings (SSSR count). The zero-order valence-corrected chi connectivity index (χ0v) is 21.1. The minimum absolute atomic E-state index is 0.0184. The Labute approximate surface area is 201 Å². The van der Waals surface area contributed by atoms with Gasteiger partial charge in [-0.3, -0.25) is 4.99 Å². The SMILES string of the molecule is CC=NC(=NC)N1CCC([C@H](C)Oc2nn3cc(-c4ccc(S(C)(=O)=O)cc4F)nc3s2)CC1. The summed E-state index contributed by atoms with van der Waals surface area (Å²) in [4.78, 5) is 15.7. The van der Waals surface area contributed by atoms with Crippen molar-refractivity contribution in [1.29, 1.82) is 0 Å². The highest BCUT2D eigenvalue weighted by Crippen LogP contribution is 2.30. The number of guanidine groups is 1. The summed E-state index contributed by atoms with van der Waals surface area (Å²) in [6, 6.07) is 3.81. The standard InChI is InChI=1S/C22H27FN6O3S2/c1-5-25-20(24-3)28-10-8-15(9-11-28)14(2)32-22-27-29-13-19(26-21(29)33-22)17-7-6-16(12-18(17)23)34(4,30)31/h5-7,12-15H,8-11H2,1-4H3/t14-/m0/s1. The molecule has 34 heavy (non-hydrogen) atoms. The molecule has 0 saturated carbocycles. The van der Waals surface area contributed by atoms with E-state index in [9.17, 15) is 12.8 Å². The number of rotatable bonds is 5. The van der Waals surface area contributed by atoms with Crippen LogP contribution in [0.1, 0.15) is 26.7 Å². The smallest absolute Gasteiger partial charge is 0.294 e. The lowest BCUT2D eigenvalue weighted by atomic mass is 9.92. The predicted molar refractivity (Wildman–Crippen MR) is 131 cm³/mol. The molecule has 1 aliphatic heterocycles. The molecule has 0 radical (unpaired) electrons. The summed E-state index contributed by atoms with van der Waals surface area (Å²) in [5, 5.41) is 4.95. The number of piperidine rings is 1. The maximum atomic E-state index is 14.5. The predicted octanol–water partition coefficient (Wildman–Crippen LogP) is 3.56. The quantitative estimate of drug-likeness (QED) is 0.387. The number of benzene rings is 1. The molecule has 0 bridgehead atoms. The largest absolute Gasteiger partial charge is 0.466 e. The van der Waals surface area contributed by atoms with Crippen LogP contribution in [0.3, 0.4) is 0 Å². The zero-order chi connectivity index (χ0) is 24.5. The van der Waals surface area contributed by atoms with E-state index in [2.05, 4.69) is 25.0 Å². The monoisotopic (exact) mass is 506 g/mol. The van der Waals surface area contributed by atoms with Gasteiger partial charge in [-0.2, -0.15) is 0 Å². The number of fused-ring (bicyclic) bond motifs is 1. The van der Waals surface area contributed by atoms with Gasteiger partial charge in [0.15, 0.2) is 9.84 Å². The van der Waals surface area contributed by atoms with Crippen molar-refractivity contribution >= 4 is 38.3 Å². The summed E-state index contributed by atoms with van der Waals surface area (Å²) >= 11 is 1.29. The molecular weight excluding hydrogens is 479 g/mol. The van der Waals surface area contributed by atoms with Gasteiger partial charge >= 0.3 is 0 Å². The van der Waals surface area contributed by atoms with Crippen LogP contribution in [0.5, 0.6) is 5.19 Å². The number of aromatic nitrogens is 3. The summed E-state index contributed by atoms with van der Waals surface area (Å²) < 4.78 is 45.5. The molecule has 1 fully saturated rings. The summed E-state index contributed by atoms with van der Waals surface area (Å²) in [7, 11) is -1.73. The Kier molecular flexibility index (Phi) is 6.99. The molecule has 0 N–H and O–H groups in total. The van der Waals surface area contributed by atoms with Gasteiger partial charge in [-0.25, -0.2) is 27.3 Å². The molecule has 182 valence electrons. The van der Waals surface area contributed by atoms with Crippen molar-refractivity contribution in [3.05, 3.63) is 30.2 Å². The molecule has 12 heteroatoms. The van der Waals surface area contributed by atoms with Crippen molar-refractivity contribution in [2.45, 2.75) is 37.7 Å². The average Bonchev–Trinajstić information content (AvgIpc) is 3.35. The van der Waals surface area contributed by atoms with Crippen LogP contribution in [0.15, 0.2) is 39.3 Å². The van der Waals surface area contributed by atoms with Gasteiger partial charge in [-0.1, -0.05) is 0 Å². The van der Waals surface area contributed by atoms with Gasteiger partial charge in [0.1, 0.15) is 11.9 Å². The molecular formula is C22H27FN6O3S2. The molecule has 0 spiro atoms. The van der Waals surface area contributed by atoms with Crippen molar-refractivity contribution in [2.24, 2.45) is 15.9 Å². The van der Waals surface area contributed by atoms with Gasteiger partial charge < -0.3 is 9.64 Å². The van der Waals surface area contributed by atoms with Gasteiger partial charge in [0.25, 0.3) is 5.19 Å². The average molecular weight is 507 g/mol. The molecule has 0 aliphatic carbocycles. The Balaban J connectivity index is 1.42. The van der Waals surface area contributed by atoms with Crippen LogP contribution in [0.4, 0.5) is 4.39 Å². The van der Waals surface area contributed by atoms with E-state index >= 15 is 0 Å². The summed E-state index contributed by atoms with van der Waals surface area (Å²) in [6.07, 6.45) is 6.32. The second-order valence-electron chi connectivity index (χ2n) is 8.19. The van der Waals surface area contributed by atoms with E-state index in [-0.39, 0.29) is 16.6 Å². The first-order chi connectivity index (χ1) is 16.2. The van der Waals surface area contributed by atoms with Gasteiger partial charge in [0.2, 0.25) is 10.9 Å². The van der Waals surface area contributed by atoms with Crippen molar-refractivity contribution < 1.29 is 17.5 Å². The lowest BCUT2D eigenvalue weighted by molar-refractivity contribution is 0.107. The fourth-order valence-corrected chi connectivity index (χ4v) is 5.46. The van der Waals surface area contributed by atoms with Crippen molar-refractivity contribution in [2.75, 3.05) is 26.4 Å². The van der Waals surface area contributed by atoms with Crippen LogP contribution < -0.4 is 4.74 Å². The highest BCUT2D eigenvalue weighted by molar-refractivity contribution is 7.90. The summed E-state index contributed by atoms with van der Waals surface area (Å²) in [5.41, 5.74) is 0.599. The first-order valence-corrected chi connectivity index (χ1v) is 13.6. The highest BCUT2D eigenvalue weighted by Gasteiger charge is 2.27. The van der Waals surface area contributed by atoms with Crippen LogP contribution in [0, 0.1) is 11.7 Å². The van der Waals surface area contributed by atoms with Crippen LogP contribution in [-0.2, 0) is 9.84 Å². The second-order valence-corrected chi connectivity index (χ2v) is 11.1. The van der Waals surface area contributed by atoms with E-state index in [1.54, 1.807) is 24.0 Å². The number of imidazole rings is 1. The maximum absolute atomic E-state index is 14.5. The van der Waals surface area contributed by atoms with Crippen LogP contribution >= 0.6 is 11.3 Å². The van der Waals surface area contributed by atoms with Crippen LogP contribution in [-0.4, -0.2) is 72.6 Å². The van der Waals surface area contributed by atoms with E-state index in [4.69, 9.17) is 4.74 Å². The first-order valence-electron chi connectivity index (χ1n) is 10.9. The minimum Gasteiger partial charge on any atom is -0.466 e. The molecule has 3 heterocycles. The molecule has 1 atom stereocenters. The molecule has 1 aromatic carbocycles. The van der Waals surface area contributed by atoms with Crippen LogP contribution in [0.2, 0.25) is 0 Å². The van der Waals surface area contributed by atoms with Gasteiger partial charge in [-0.15, -0.1) is 5.10 Å². The third kappa shape index (κ3) is 5.12. The minimum atomic E-state index is -3.48. The summed E-state index contributed by atoms with van der Waals surface area (Å²) in [5.74, 6) is 0.495. The zero-order valence-electron chi connectivity index (χ0n) is 19.5. The number of hydrogen-bond acceptors (Lipinski definition) is 7. The van der Waals surface area contributed by atoms with Gasteiger partial charge in [-0.05, 0) is 62.1 Å². The summed E-state index contributed by atoms with van der Waals surface area (Å²) in [6.45, 7) is 5.67. The number of aliphatic imine (C=N–C) groups is 2. The Bertz CT molecular complexity index is 1310. The van der Waals surface area contributed by atoms with Crippen molar-refractivity contribution in [3.8, 4) is 16.5 Å². The van der Waals surface area contributed by atoms with Gasteiger partial charge in [0, 0.05) is 38.2 Å². The Hall–Kier alpha value is -2.86. The third-order valence-corrected chi connectivity index (χ3v) is 7.81. The van der Waals surface area contributed by atoms with E-state index in [1.807, 2.05) is 13.8 Å². The van der Waals surface area contributed by atoms with Crippen LogP contribution in [0.25, 0.3) is 16.2 Å². The fourth-order valence-electron chi connectivity index (χ4n) is 4.01. The van der Waals surface area contributed by atoms with Crippen molar-refractivity contribution in [1.82, 2.24) is 19.5 Å². The molecule has 1 saturated heterocycles. The Morgan fingerprint density at radius 2 is 2.09 bits per heavy atom. The van der Waals surface area contributed by atoms with E-state index in [0.29, 0.717) is 21.8 Å². The maximum Gasteiger partial charge on any atom is 0.294 e. The molecule has 1 aliphatic rings. The Morgan fingerprint density at radius 1 is 1.35 bits per heavy atom. The normalized spacial score (nSPS) is 17.1. The number of ether oxygens (including phenoxy) is 1. The fraction of sp³-hybridized carbons (Fsp3) is 0.455. The first kappa shape index (κ1) is 24.3. The molecule has 2 aromatic heterocycles. The van der Waals surface area contributed by atoms with E-state index in [0.717, 1.165) is 44.2 Å². The molecule has 0 unspecified atom stereocenters. The third-order valence-electron chi connectivity index (χ3n) is 5.89. The van der Waals surface area contributed by atoms with Crippen molar-refractivity contribution in [3.63, 3.8) is 0 Å². The topological polar surface area (TPSA) is 102 Å². The number of hydrogen-bond donors (Lipinski definition) is 0. The lowest BCUT2D eigenvalue weighted by Crippen LogP contribution is -2.41. The van der Waals surface area contributed by atoms with E-state index < -0.39 is 15.7 Å². The highest BCUT2D eigenvalue weighted by atomic mass is 32.2.